The van der Waals surface area contributed by atoms with E-state index in [1.54, 1.807) is 24.3 Å². The van der Waals surface area contributed by atoms with Gasteiger partial charge in [0.05, 0.1) is 23.3 Å². The molecule has 3 rings (SSSR count). The largest absolute Gasteiger partial charge is 0.416 e. The molecule has 2 aromatic carbocycles. The van der Waals surface area contributed by atoms with E-state index < -0.39 is 11.7 Å². The molecule has 0 radical (unpaired) electrons. The van der Waals surface area contributed by atoms with Crippen LogP contribution in [0.3, 0.4) is 0 Å². The van der Waals surface area contributed by atoms with E-state index in [-0.39, 0.29) is 17.4 Å². The molecule has 0 spiro atoms. The third-order valence-electron chi connectivity index (χ3n) is 4.01. The Labute approximate surface area is 159 Å². The molecule has 0 aliphatic carbocycles. The summed E-state index contributed by atoms with van der Waals surface area (Å²) in [6, 6.07) is 13.4. The van der Waals surface area contributed by atoms with Crippen molar-refractivity contribution in [3.63, 3.8) is 0 Å². The van der Waals surface area contributed by atoms with Gasteiger partial charge in [-0.2, -0.15) is 13.2 Å². The maximum absolute atomic E-state index is 12.9. The summed E-state index contributed by atoms with van der Waals surface area (Å²) in [5.41, 5.74) is 0.381. The zero-order valence-corrected chi connectivity index (χ0v) is 15.0. The number of methoxy groups -OCH3 is 1. The van der Waals surface area contributed by atoms with Crippen molar-refractivity contribution < 1.29 is 22.7 Å². The van der Waals surface area contributed by atoms with Crippen molar-refractivity contribution in [2.75, 3.05) is 25.6 Å². The smallest absolute Gasteiger partial charge is 0.383 e. The minimum atomic E-state index is -4.44. The van der Waals surface area contributed by atoms with Gasteiger partial charge < -0.3 is 15.4 Å². The van der Waals surface area contributed by atoms with Crippen LogP contribution in [0, 0.1) is 0 Å². The molecule has 5 nitrogen and oxygen atoms in total. The average Bonchev–Trinajstić information content (AvgIpc) is 2.67. The number of nitrogens with zero attached hydrogens (tertiary/aromatic N) is 1. The number of halogens is 3. The van der Waals surface area contributed by atoms with Crippen LogP contribution in [-0.2, 0) is 10.9 Å². The van der Waals surface area contributed by atoms with Gasteiger partial charge in [0.25, 0.3) is 5.91 Å². The van der Waals surface area contributed by atoms with Crippen molar-refractivity contribution in [3.05, 3.63) is 65.7 Å². The second-order valence-electron chi connectivity index (χ2n) is 6.02. The SMILES string of the molecule is COCCNC(=O)c1cc(Nc2cccc(C(F)(F)F)c2)nc2ccccc12. The topological polar surface area (TPSA) is 63.2 Å². The summed E-state index contributed by atoms with van der Waals surface area (Å²) in [7, 11) is 1.53. The molecule has 0 fully saturated rings. The van der Waals surface area contributed by atoms with Gasteiger partial charge in [-0.25, -0.2) is 4.98 Å². The summed E-state index contributed by atoms with van der Waals surface area (Å²) in [6.45, 7) is 0.701. The number of aromatic nitrogens is 1. The Kier molecular flexibility index (Phi) is 5.79. The van der Waals surface area contributed by atoms with Gasteiger partial charge in [-0.05, 0) is 30.3 Å². The predicted octanol–water partition coefficient (Wildman–Crippen LogP) is 4.37. The van der Waals surface area contributed by atoms with Crippen molar-refractivity contribution >= 4 is 28.3 Å². The second kappa shape index (κ2) is 8.26. The number of anilines is 2. The normalized spacial score (nSPS) is 11.4. The van der Waals surface area contributed by atoms with Gasteiger partial charge in [0.1, 0.15) is 5.82 Å². The van der Waals surface area contributed by atoms with Crippen molar-refractivity contribution in [2.45, 2.75) is 6.18 Å². The molecule has 146 valence electrons. The summed E-state index contributed by atoms with van der Waals surface area (Å²) in [5, 5.41) is 6.24. The van der Waals surface area contributed by atoms with Gasteiger partial charge in [-0.15, -0.1) is 0 Å². The highest BCUT2D eigenvalue weighted by molar-refractivity contribution is 6.07. The van der Waals surface area contributed by atoms with Crippen molar-refractivity contribution in [1.82, 2.24) is 10.3 Å². The van der Waals surface area contributed by atoms with Gasteiger partial charge in [0.15, 0.2) is 0 Å². The van der Waals surface area contributed by atoms with Gasteiger partial charge >= 0.3 is 6.18 Å². The minimum absolute atomic E-state index is 0.225. The fraction of sp³-hybridized carbons (Fsp3) is 0.200. The molecule has 0 aliphatic rings. The standard InChI is InChI=1S/C20H18F3N3O2/c1-28-10-9-24-19(27)16-12-18(26-17-8-3-2-7-15(16)17)25-14-6-4-5-13(11-14)20(21,22)23/h2-8,11-12H,9-10H2,1H3,(H,24,27)(H,25,26). The maximum atomic E-state index is 12.9. The summed E-state index contributed by atoms with van der Waals surface area (Å²) >= 11 is 0. The van der Waals surface area contributed by atoms with Gasteiger partial charge in [0.2, 0.25) is 0 Å². The molecule has 1 heterocycles. The molecule has 1 aromatic heterocycles. The molecule has 8 heteroatoms. The predicted molar refractivity (Wildman–Crippen MR) is 101 cm³/mol. The zero-order valence-electron chi connectivity index (χ0n) is 15.0. The van der Waals surface area contributed by atoms with E-state index in [1.165, 1.54) is 25.3 Å². The Balaban J connectivity index is 1.95. The monoisotopic (exact) mass is 389 g/mol. The van der Waals surface area contributed by atoms with Crippen LogP contribution in [0.4, 0.5) is 24.7 Å². The number of amides is 1. The highest BCUT2D eigenvalue weighted by Gasteiger charge is 2.30. The van der Waals surface area contributed by atoms with E-state index >= 15 is 0 Å². The number of alkyl halides is 3. The van der Waals surface area contributed by atoms with Crippen LogP contribution >= 0.6 is 0 Å². The van der Waals surface area contributed by atoms with Crippen LogP contribution in [0.5, 0.6) is 0 Å². The van der Waals surface area contributed by atoms with Crippen LogP contribution < -0.4 is 10.6 Å². The number of nitrogens with one attached hydrogen (secondary N) is 2. The lowest BCUT2D eigenvalue weighted by atomic mass is 10.1. The fourth-order valence-electron chi connectivity index (χ4n) is 2.71. The summed E-state index contributed by atoms with van der Waals surface area (Å²) in [5.74, 6) is -0.0438. The number of carbonyl (C=O) groups excluding carboxylic acids is 1. The van der Waals surface area contributed by atoms with Crippen LogP contribution in [0.2, 0.25) is 0 Å². The first-order valence-corrected chi connectivity index (χ1v) is 8.49. The van der Waals surface area contributed by atoms with Gasteiger partial charge in [-0.3, -0.25) is 4.79 Å². The molecule has 1 amide bonds. The minimum Gasteiger partial charge on any atom is -0.383 e. The number of carbonyl (C=O) groups is 1. The van der Waals surface area contributed by atoms with Crippen LogP contribution in [-0.4, -0.2) is 31.2 Å². The number of ether oxygens (including phenoxy) is 1. The first kappa shape index (κ1) is 19.6. The Morgan fingerprint density at radius 1 is 1.11 bits per heavy atom. The molecular formula is C20H18F3N3O2. The van der Waals surface area contributed by atoms with Gasteiger partial charge in [0, 0.05) is 24.7 Å². The quantitative estimate of drug-likeness (QED) is 0.615. The molecule has 2 N–H and O–H groups in total. The van der Waals surface area contributed by atoms with Crippen molar-refractivity contribution in [3.8, 4) is 0 Å². The third kappa shape index (κ3) is 4.58. The summed E-state index contributed by atoms with van der Waals surface area (Å²) < 4.78 is 43.7. The Morgan fingerprint density at radius 2 is 1.89 bits per heavy atom. The molecule has 0 atom stereocenters. The molecule has 0 bridgehead atoms. The Hall–Kier alpha value is -3.13. The van der Waals surface area contributed by atoms with Crippen LogP contribution in [0.25, 0.3) is 10.9 Å². The summed E-state index contributed by atoms with van der Waals surface area (Å²) in [6.07, 6.45) is -4.44. The number of fused-ring (bicyclic) bond motifs is 1. The molecule has 3 aromatic rings. The molecule has 28 heavy (non-hydrogen) atoms. The zero-order chi connectivity index (χ0) is 20.1. The lowest BCUT2D eigenvalue weighted by Crippen LogP contribution is -2.27. The van der Waals surface area contributed by atoms with Crippen LogP contribution in [0.1, 0.15) is 15.9 Å². The lowest BCUT2D eigenvalue weighted by Gasteiger charge is -2.13. The maximum Gasteiger partial charge on any atom is 0.416 e. The third-order valence-corrected chi connectivity index (χ3v) is 4.01. The molecule has 0 unspecified atom stereocenters. The number of benzene rings is 2. The first-order chi connectivity index (χ1) is 13.4. The number of pyridine rings is 1. The van der Waals surface area contributed by atoms with E-state index in [0.717, 1.165) is 12.1 Å². The fourth-order valence-corrected chi connectivity index (χ4v) is 2.71. The highest BCUT2D eigenvalue weighted by Crippen LogP contribution is 2.31. The van der Waals surface area contributed by atoms with Crippen molar-refractivity contribution in [2.24, 2.45) is 0 Å². The van der Waals surface area contributed by atoms with Crippen molar-refractivity contribution in [1.29, 1.82) is 0 Å². The van der Waals surface area contributed by atoms with E-state index in [0.29, 0.717) is 29.6 Å². The first-order valence-electron chi connectivity index (χ1n) is 8.49. The number of hydrogen-bond acceptors (Lipinski definition) is 4. The second-order valence-corrected chi connectivity index (χ2v) is 6.02. The Bertz CT molecular complexity index is 990. The molecular weight excluding hydrogens is 371 g/mol. The summed E-state index contributed by atoms with van der Waals surface area (Å²) in [4.78, 5) is 17.0. The van der Waals surface area contributed by atoms with E-state index in [9.17, 15) is 18.0 Å². The molecule has 0 aliphatic heterocycles. The lowest BCUT2D eigenvalue weighted by molar-refractivity contribution is -0.137. The van der Waals surface area contributed by atoms with E-state index in [4.69, 9.17) is 4.74 Å². The number of hydrogen-bond donors (Lipinski definition) is 2. The number of rotatable bonds is 6. The van der Waals surface area contributed by atoms with E-state index in [1.807, 2.05) is 0 Å². The number of para-hydroxylation sites is 1. The highest BCUT2D eigenvalue weighted by atomic mass is 19.4. The molecule has 0 saturated heterocycles. The van der Waals surface area contributed by atoms with E-state index in [2.05, 4.69) is 15.6 Å². The van der Waals surface area contributed by atoms with Crippen LogP contribution in [0.15, 0.2) is 54.6 Å². The van der Waals surface area contributed by atoms with Gasteiger partial charge in [-0.1, -0.05) is 24.3 Å². The molecule has 0 saturated carbocycles. The average molecular weight is 389 g/mol. The Morgan fingerprint density at radius 3 is 2.64 bits per heavy atom.